The van der Waals surface area contributed by atoms with Gasteiger partial charge < -0.3 is 10.2 Å². The summed E-state index contributed by atoms with van der Waals surface area (Å²) in [6, 6.07) is 18.0. The average molecular weight is 449 g/mol. The van der Waals surface area contributed by atoms with Crippen molar-refractivity contribution in [1.29, 1.82) is 0 Å². The fraction of sp³-hybridized carbons (Fsp3) is 0.320. The fourth-order valence-electron chi connectivity index (χ4n) is 3.83. The van der Waals surface area contributed by atoms with Crippen molar-refractivity contribution in [3.8, 4) is 5.69 Å². The predicted molar refractivity (Wildman–Crippen MR) is 128 cm³/mol. The van der Waals surface area contributed by atoms with E-state index in [1.54, 1.807) is 11.8 Å². The maximum absolute atomic E-state index is 12.7. The van der Waals surface area contributed by atoms with Gasteiger partial charge in [0.25, 0.3) is 0 Å². The van der Waals surface area contributed by atoms with E-state index in [-0.39, 0.29) is 24.7 Å². The first-order chi connectivity index (χ1) is 15.6. The molecule has 1 aliphatic rings. The van der Waals surface area contributed by atoms with E-state index >= 15 is 0 Å². The molecule has 1 aliphatic heterocycles. The van der Waals surface area contributed by atoms with Crippen LogP contribution in [0.2, 0.25) is 0 Å². The third kappa shape index (κ3) is 5.40. The standard InChI is InChI=1S/C25H28N4O2S/c1-19-20(18-29(27-19)21-9-3-2-4-10-21)8-7-15-26-24(30)13-14-25(31)28-16-17-32-23-12-6-5-11-22(23)28/h2-6,9-12,18H,7-8,13-17H2,1H3,(H,26,30). The third-order valence-corrected chi connectivity index (χ3v) is 6.60. The number of benzene rings is 2. The van der Waals surface area contributed by atoms with E-state index < -0.39 is 0 Å². The van der Waals surface area contributed by atoms with Gasteiger partial charge in [0.1, 0.15) is 0 Å². The van der Waals surface area contributed by atoms with E-state index in [4.69, 9.17) is 0 Å². The normalized spacial score (nSPS) is 13.0. The number of aryl methyl sites for hydroxylation is 2. The number of nitrogens with zero attached hydrogens (tertiary/aromatic N) is 3. The molecule has 0 saturated heterocycles. The first kappa shape index (κ1) is 22.1. The quantitative estimate of drug-likeness (QED) is 0.526. The van der Waals surface area contributed by atoms with E-state index in [0.717, 1.165) is 40.6 Å². The minimum Gasteiger partial charge on any atom is -0.356 e. The zero-order valence-electron chi connectivity index (χ0n) is 18.3. The van der Waals surface area contributed by atoms with Crippen LogP contribution in [-0.4, -0.2) is 40.4 Å². The zero-order valence-corrected chi connectivity index (χ0v) is 19.1. The Labute approximate surface area is 193 Å². The van der Waals surface area contributed by atoms with Crippen molar-refractivity contribution >= 4 is 29.3 Å². The second-order valence-electron chi connectivity index (χ2n) is 7.83. The molecule has 0 saturated carbocycles. The molecule has 2 heterocycles. The SMILES string of the molecule is Cc1nn(-c2ccccc2)cc1CCCNC(=O)CCC(=O)N1CCSc2ccccc21. The number of anilines is 1. The monoisotopic (exact) mass is 448 g/mol. The molecule has 0 unspecified atom stereocenters. The van der Waals surface area contributed by atoms with Crippen molar-refractivity contribution in [3.63, 3.8) is 0 Å². The maximum Gasteiger partial charge on any atom is 0.227 e. The first-order valence-electron chi connectivity index (χ1n) is 11.0. The Kier molecular flexibility index (Phi) is 7.27. The molecular weight excluding hydrogens is 420 g/mol. The van der Waals surface area contributed by atoms with Gasteiger partial charge in [-0.3, -0.25) is 9.59 Å². The highest BCUT2D eigenvalue weighted by Gasteiger charge is 2.22. The van der Waals surface area contributed by atoms with Gasteiger partial charge in [0.15, 0.2) is 0 Å². The molecule has 166 valence electrons. The number of hydrogen-bond acceptors (Lipinski definition) is 4. The van der Waals surface area contributed by atoms with Gasteiger partial charge >= 0.3 is 0 Å². The summed E-state index contributed by atoms with van der Waals surface area (Å²) in [7, 11) is 0. The van der Waals surface area contributed by atoms with Gasteiger partial charge in [-0.2, -0.15) is 5.10 Å². The van der Waals surface area contributed by atoms with E-state index in [1.807, 2.05) is 71.1 Å². The highest BCUT2D eigenvalue weighted by Crippen LogP contribution is 2.34. The van der Waals surface area contributed by atoms with Crippen molar-refractivity contribution in [3.05, 3.63) is 72.1 Å². The number of carbonyl (C=O) groups is 2. The van der Waals surface area contributed by atoms with Gasteiger partial charge in [-0.05, 0) is 49.6 Å². The number of aromatic nitrogens is 2. The summed E-state index contributed by atoms with van der Waals surface area (Å²) in [6.45, 7) is 3.29. The maximum atomic E-state index is 12.7. The van der Waals surface area contributed by atoms with Gasteiger partial charge in [0, 0.05) is 42.8 Å². The largest absolute Gasteiger partial charge is 0.356 e. The average Bonchev–Trinajstić information content (AvgIpc) is 3.21. The second-order valence-corrected chi connectivity index (χ2v) is 8.97. The summed E-state index contributed by atoms with van der Waals surface area (Å²) >= 11 is 1.77. The smallest absolute Gasteiger partial charge is 0.227 e. The molecule has 7 heteroatoms. The van der Waals surface area contributed by atoms with Crippen LogP contribution in [0, 0.1) is 6.92 Å². The van der Waals surface area contributed by atoms with E-state index in [2.05, 4.69) is 16.6 Å². The number of carbonyl (C=O) groups excluding carboxylic acids is 2. The molecule has 0 fully saturated rings. The lowest BCUT2D eigenvalue weighted by molar-refractivity contribution is -0.125. The lowest BCUT2D eigenvalue weighted by atomic mass is 10.1. The van der Waals surface area contributed by atoms with Gasteiger partial charge in [-0.15, -0.1) is 11.8 Å². The van der Waals surface area contributed by atoms with Gasteiger partial charge in [0.2, 0.25) is 11.8 Å². The highest BCUT2D eigenvalue weighted by atomic mass is 32.2. The summed E-state index contributed by atoms with van der Waals surface area (Å²) in [5, 5.41) is 7.54. The number of amides is 2. The molecule has 2 amide bonds. The van der Waals surface area contributed by atoms with Gasteiger partial charge in [-0.25, -0.2) is 4.68 Å². The third-order valence-electron chi connectivity index (χ3n) is 5.56. The Morgan fingerprint density at radius 2 is 1.84 bits per heavy atom. The summed E-state index contributed by atoms with van der Waals surface area (Å²) in [5.41, 5.74) is 4.18. The Morgan fingerprint density at radius 1 is 1.06 bits per heavy atom. The van der Waals surface area contributed by atoms with Crippen LogP contribution in [0.1, 0.15) is 30.5 Å². The van der Waals surface area contributed by atoms with Crippen molar-refractivity contribution in [2.45, 2.75) is 37.5 Å². The van der Waals surface area contributed by atoms with Crippen LogP contribution in [0.3, 0.4) is 0 Å². The Bertz CT molecular complexity index is 1080. The van der Waals surface area contributed by atoms with Crippen molar-refractivity contribution in [1.82, 2.24) is 15.1 Å². The summed E-state index contributed by atoms with van der Waals surface area (Å²) in [5.74, 6) is 0.821. The molecular formula is C25H28N4O2S. The van der Waals surface area contributed by atoms with Crippen LogP contribution in [0.25, 0.3) is 5.69 Å². The molecule has 4 rings (SSSR count). The van der Waals surface area contributed by atoms with Gasteiger partial charge in [-0.1, -0.05) is 30.3 Å². The number of para-hydroxylation sites is 2. The van der Waals surface area contributed by atoms with Crippen molar-refractivity contribution in [2.75, 3.05) is 23.7 Å². The van der Waals surface area contributed by atoms with E-state index in [0.29, 0.717) is 13.1 Å². The molecule has 6 nitrogen and oxygen atoms in total. The number of hydrogen-bond donors (Lipinski definition) is 1. The second kappa shape index (κ2) is 10.5. The van der Waals surface area contributed by atoms with Crippen LogP contribution in [-0.2, 0) is 16.0 Å². The van der Waals surface area contributed by atoms with Crippen LogP contribution in [0.4, 0.5) is 5.69 Å². The van der Waals surface area contributed by atoms with E-state index in [1.165, 1.54) is 5.56 Å². The number of thioether (sulfide) groups is 1. The Balaban J connectivity index is 1.20. The van der Waals surface area contributed by atoms with E-state index in [9.17, 15) is 9.59 Å². The van der Waals surface area contributed by atoms with Crippen LogP contribution >= 0.6 is 11.8 Å². The fourth-order valence-corrected chi connectivity index (χ4v) is 4.83. The Hall–Kier alpha value is -3.06. The molecule has 0 radical (unpaired) electrons. The minimum absolute atomic E-state index is 0.0110. The number of nitrogens with one attached hydrogen (secondary N) is 1. The first-order valence-corrected chi connectivity index (χ1v) is 12.0. The topological polar surface area (TPSA) is 67.2 Å². The lowest BCUT2D eigenvalue weighted by Crippen LogP contribution is -2.36. The molecule has 3 aromatic rings. The molecule has 2 aromatic carbocycles. The molecule has 0 bridgehead atoms. The number of rotatable bonds is 8. The van der Waals surface area contributed by atoms with Gasteiger partial charge in [0.05, 0.1) is 17.1 Å². The zero-order chi connectivity index (χ0) is 22.3. The van der Waals surface area contributed by atoms with Crippen LogP contribution in [0.15, 0.2) is 65.7 Å². The molecule has 32 heavy (non-hydrogen) atoms. The summed E-state index contributed by atoms with van der Waals surface area (Å²) in [4.78, 5) is 27.8. The Morgan fingerprint density at radius 3 is 2.69 bits per heavy atom. The summed E-state index contributed by atoms with van der Waals surface area (Å²) in [6.07, 6.45) is 4.18. The predicted octanol–water partition coefficient (Wildman–Crippen LogP) is 4.15. The molecule has 0 aliphatic carbocycles. The molecule has 0 spiro atoms. The summed E-state index contributed by atoms with van der Waals surface area (Å²) < 4.78 is 1.89. The van der Waals surface area contributed by atoms with Crippen molar-refractivity contribution < 1.29 is 9.59 Å². The molecule has 0 atom stereocenters. The molecule has 1 aromatic heterocycles. The van der Waals surface area contributed by atoms with Crippen molar-refractivity contribution in [2.24, 2.45) is 0 Å². The minimum atomic E-state index is -0.0743. The van der Waals surface area contributed by atoms with Crippen LogP contribution < -0.4 is 10.2 Å². The van der Waals surface area contributed by atoms with Crippen LogP contribution in [0.5, 0.6) is 0 Å². The highest BCUT2D eigenvalue weighted by molar-refractivity contribution is 7.99. The molecule has 1 N–H and O–H groups in total. The lowest BCUT2D eigenvalue weighted by Gasteiger charge is -2.29. The number of fused-ring (bicyclic) bond motifs is 1.